The van der Waals surface area contributed by atoms with Crippen LogP contribution in [0.15, 0.2) is 47.8 Å². The fraction of sp³-hybridized carbons (Fsp3) is 0.333. The van der Waals surface area contributed by atoms with E-state index in [0.717, 1.165) is 24.8 Å². The van der Waals surface area contributed by atoms with Gasteiger partial charge in [0.25, 0.3) is 5.56 Å². The lowest BCUT2D eigenvalue weighted by molar-refractivity contribution is -0.132. The molecular formula is C18H19N5O2. The normalized spacial score (nSPS) is 17.8. The van der Waals surface area contributed by atoms with Crippen molar-refractivity contribution in [2.45, 2.75) is 25.3 Å². The minimum atomic E-state index is -0.232. The molecule has 1 fully saturated rings. The molecule has 3 heterocycles. The van der Waals surface area contributed by atoms with Crippen molar-refractivity contribution in [3.63, 3.8) is 0 Å². The third-order valence-corrected chi connectivity index (χ3v) is 4.79. The van der Waals surface area contributed by atoms with Crippen molar-refractivity contribution in [2.24, 2.45) is 0 Å². The van der Waals surface area contributed by atoms with Crippen LogP contribution in [0.2, 0.25) is 0 Å². The van der Waals surface area contributed by atoms with Crippen LogP contribution in [-0.4, -0.2) is 43.6 Å². The summed E-state index contributed by atoms with van der Waals surface area (Å²) in [6, 6.07) is 7.52. The van der Waals surface area contributed by atoms with Crippen LogP contribution in [0.1, 0.15) is 24.6 Å². The Morgan fingerprint density at radius 1 is 1.28 bits per heavy atom. The molecule has 1 N–H and O–H groups in total. The Labute approximate surface area is 144 Å². The Kier molecular flexibility index (Phi) is 4.05. The van der Waals surface area contributed by atoms with Crippen molar-refractivity contribution in [1.29, 1.82) is 0 Å². The van der Waals surface area contributed by atoms with E-state index >= 15 is 0 Å². The van der Waals surface area contributed by atoms with Crippen LogP contribution in [0.25, 0.3) is 10.8 Å². The van der Waals surface area contributed by atoms with E-state index in [0.29, 0.717) is 17.6 Å². The molecule has 1 aliphatic heterocycles. The number of aromatic amines is 1. The number of piperidine rings is 1. The van der Waals surface area contributed by atoms with Gasteiger partial charge in [0.05, 0.1) is 29.9 Å². The Morgan fingerprint density at radius 2 is 2.12 bits per heavy atom. The van der Waals surface area contributed by atoms with Crippen molar-refractivity contribution in [2.75, 3.05) is 13.1 Å². The fourth-order valence-electron chi connectivity index (χ4n) is 3.47. The summed E-state index contributed by atoms with van der Waals surface area (Å²) in [5.74, 6) is 0.0366. The molecule has 7 heteroatoms. The number of amides is 1. The minimum Gasteiger partial charge on any atom is -0.340 e. The number of nitrogens with one attached hydrogen (secondary N) is 1. The number of rotatable bonds is 3. The maximum atomic E-state index is 12.8. The Balaban J connectivity index is 1.54. The summed E-state index contributed by atoms with van der Waals surface area (Å²) in [7, 11) is 0. The average Bonchev–Trinajstić information content (AvgIpc) is 3.19. The average molecular weight is 337 g/mol. The van der Waals surface area contributed by atoms with Crippen molar-refractivity contribution in [3.05, 3.63) is 59.0 Å². The second-order valence-corrected chi connectivity index (χ2v) is 6.37. The Bertz CT molecular complexity index is 948. The largest absolute Gasteiger partial charge is 0.340 e. The lowest BCUT2D eigenvalue weighted by Gasteiger charge is -2.33. The van der Waals surface area contributed by atoms with E-state index in [9.17, 15) is 9.59 Å². The molecule has 0 unspecified atom stereocenters. The number of fused-ring (bicyclic) bond motifs is 1. The van der Waals surface area contributed by atoms with Crippen LogP contribution in [0.3, 0.4) is 0 Å². The van der Waals surface area contributed by atoms with Crippen LogP contribution in [-0.2, 0) is 11.2 Å². The van der Waals surface area contributed by atoms with E-state index in [1.54, 1.807) is 18.6 Å². The van der Waals surface area contributed by atoms with Gasteiger partial charge in [0.1, 0.15) is 0 Å². The molecule has 3 aromatic rings. The lowest BCUT2D eigenvalue weighted by Crippen LogP contribution is -2.41. The van der Waals surface area contributed by atoms with Gasteiger partial charge in [0, 0.05) is 30.9 Å². The molecule has 2 aromatic heterocycles. The van der Waals surface area contributed by atoms with Crippen molar-refractivity contribution < 1.29 is 4.79 Å². The monoisotopic (exact) mass is 337 g/mol. The summed E-state index contributed by atoms with van der Waals surface area (Å²) >= 11 is 0. The number of imidazole rings is 1. The first-order chi connectivity index (χ1) is 12.2. The van der Waals surface area contributed by atoms with Gasteiger partial charge < -0.3 is 9.47 Å². The quantitative estimate of drug-likeness (QED) is 0.785. The summed E-state index contributed by atoms with van der Waals surface area (Å²) in [5, 5.41) is 7.91. The van der Waals surface area contributed by atoms with Crippen LogP contribution in [0.5, 0.6) is 0 Å². The summed E-state index contributed by atoms with van der Waals surface area (Å²) < 4.78 is 2.06. The molecule has 1 aromatic carbocycles. The third kappa shape index (κ3) is 3.05. The zero-order valence-corrected chi connectivity index (χ0v) is 13.8. The zero-order valence-electron chi connectivity index (χ0n) is 13.8. The van der Waals surface area contributed by atoms with Gasteiger partial charge in [-0.15, -0.1) is 0 Å². The van der Waals surface area contributed by atoms with Gasteiger partial charge >= 0.3 is 0 Å². The summed E-state index contributed by atoms with van der Waals surface area (Å²) in [6.07, 6.45) is 7.70. The van der Waals surface area contributed by atoms with Gasteiger partial charge in [0.15, 0.2) is 0 Å². The maximum Gasteiger partial charge on any atom is 0.272 e. The summed E-state index contributed by atoms with van der Waals surface area (Å²) in [5.41, 5.74) is 0.384. The molecule has 7 nitrogen and oxygen atoms in total. The molecule has 4 rings (SSSR count). The summed E-state index contributed by atoms with van der Waals surface area (Å²) in [6.45, 7) is 1.43. The first-order valence-electron chi connectivity index (χ1n) is 8.44. The van der Waals surface area contributed by atoms with E-state index in [1.165, 1.54) is 0 Å². The predicted molar refractivity (Wildman–Crippen MR) is 93.1 cm³/mol. The molecule has 0 radical (unpaired) electrons. The molecule has 25 heavy (non-hydrogen) atoms. The van der Waals surface area contributed by atoms with Gasteiger partial charge in [0.2, 0.25) is 5.91 Å². The van der Waals surface area contributed by atoms with E-state index in [-0.39, 0.29) is 23.9 Å². The second kappa shape index (κ2) is 6.51. The molecule has 0 aliphatic carbocycles. The molecule has 128 valence electrons. The second-order valence-electron chi connectivity index (χ2n) is 6.37. The number of likely N-dealkylation sites (tertiary alicyclic amines) is 1. The number of carbonyl (C=O) groups is 1. The van der Waals surface area contributed by atoms with E-state index < -0.39 is 0 Å². The fourth-order valence-corrected chi connectivity index (χ4v) is 3.47. The Morgan fingerprint density at radius 3 is 2.92 bits per heavy atom. The Hall–Kier alpha value is -2.96. The highest BCUT2D eigenvalue weighted by Crippen LogP contribution is 2.22. The molecule has 1 amide bonds. The molecule has 0 bridgehead atoms. The van der Waals surface area contributed by atoms with Gasteiger partial charge in [-0.2, -0.15) is 5.10 Å². The standard InChI is InChI=1S/C18H19N5O2/c24-17(22-8-3-4-13(11-22)23-9-7-19-12-23)10-16-14-5-1-2-6-15(14)18(25)21-20-16/h1-2,5-7,9,12-13H,3-4,8,10-11H2,(H,21,25)/t13-/m1/s1. The van der Waals surface area contributed by atoms with Gasteiger partial charge in [-0.05, 0) is 18.9 Å². The minimum absolute atomic E-state index is 0.0366. The molecule has 0 spiro atoms. The molecule has 1 saturated heterocycles. The summed E-state index contributed by atoms with van der Waals surface area (Å²) in [4.78, 5) is 30.6. The highest BCUT2D eigenvalue weighted by Gasteiger charge is 2.25. The van der Waals surface area contributed by atoms with Crippen molar-refractivity contribution in [3.8, 4) is 0 Å². The number of nitrogens with zero attached hydrogens (tertiary/aromatic N) is 4. The topological polar surface area (TPSA) is 83.9 Å². The maximum absolute atomic E-state index is 12.8. The van der Waals surface area contributed by atoms with E-state index in [2.05, 4.69) is 19.7 Å². The van der Waals surface area contributed by atoms with Gasteiger partial charge in [-0.3, -0.25) is 9.59 Å². The number of hydrogen-bond acceptors (Lipinski definition) is 4. The molecular weight excluding hydrogens is 318 g/mol. The SMILES string of the molecule is O=C(Cc1n[nH]c(=O)c2ccccc12)N1CCC[C@@H](n2ccnc2)C1. The van der Waals surface area contributed by atoms with Crippen LogP contribution in [0, 0.1) is 0 Å². The lowest BCUT2D eigenvalue weighted by atomic mass is 10.0. The number of aromatic nitrogens is 4. The van der Waals surface area contributed by atoms with E-state index in [4.69, 9.17) is 0 Å². The smallest absolute Gasteiger partial charge is 0.272 e. The first kappa shape index (κ1) is 15.6. The highest BCUT2D eigenvalue weighted by atomic mass is 16.2. The third-order valence-electron chi connectivity index (χ3n) is 4.79. The highest BCUT2D eigenvalue weighted by molar-refractivity contribution is 5.88. The number of benzene rings is 1. The molecule has 1 atom stereocenters. The van der Waals surface area contributed by atoms with Crippen molar-refractivity contribution in [1.82, 2.24) is 24.6 Å². The van der Waals surface area contributed by atoms with Crippen LogP contribution in [0.4, 0.5) is 0 Å². The van der Waals surface area contributed by atoms with Gasteiger partial charge in [-0.1, -0.05) is 18.2 Å². The first-order valence-corrected chi connectivity index (χ1v) is 8.44. The molecule has 0 saturated carbocycles. The van der Waals surface area contributed by atoms with Gasteiger partial charge in [-0.25, -0.2) is 10.1 Å². The predicted octanol–water partition coefficient (Wildman–Crippen LogP) is 1.53. The van der Waals surface area contributed by atoms with Crippen LogP contribution >= 0.6 is 0 Å². The van der Waals surface area contributed by atoms with E-state index in [1.807, 2.05) is 29.3 Å². The van der Waals surface area contributed by atoms with Crippen molar-refractivity contribution >= 4 is 16.7 Å². The number of hydrogen-bond donors (Lipinski definition) is 1. The molecule has 1 aliphatic rings. The van der Waals surface area contributed by atoms with Crippen LogP contribution < -0.4 is 5.56 Å². The number of carbonyl (C=O) groups excluding carboxylic acids is 1. The number of H-pyrrole nitrogens is 1. The zero-order chi connectivity index (χ0) is 17.2.